The molecule has 1 rings (SSSR count). The Morgan fingerprint density at radius 2 is 1.47 bits per heavy atom. The molecule has 19 heavy (non-hydrogen) atoms. The number of ketones is 2. The number of hydrogen-bond acceptors (Lipinski definition) is 3. The average Bonchev–Trinajstić information content (AvgIpc) is 2.37. The fraction of sp³-hybridized carbons (Fsp3) is 0.500. The second kappa shape index (κ2) is 7.07. The molecule has 104 valence electrons. The SMILES string of the molecule is CC(C)C(=O)COc1ccc(CC(=O)C(C)C)cc1. The molecule has 0 aromatic heterocycles. The van der Waals surface area contributed by atoms with Crippen LogP contribution in [0.3, 0.4) is 0 Å². The van der Waals surface area contributed by atoms with Gasteiger partial charge >= 0.3 is 0 Å². The van der Waals surface area contributed by atoms with Gasteiger partial charge in [-0.2, -0.15) is 0 Å². The molecule has 0 bridgehead atoms. The van der Waals surface area contributed by atoms with Gasteiger partial charge in [-0.05, 0) is 17.7 Å². The highest BCUT2D eigenvalue weighted by molar-refractivity contribution is 5.82. The molecule has 0 aliphatic carbocycles. The molecule has 1 aromatic carbocycles. The van der Waals surface area contributed by atoms with Crippen molar-refractivity contribution in [1.82, 2.24) is 0 Å². The summed E-state index contributed by atoms with van der Waals surface area (Å²) in [6.45, 7) is 7.61. The van der Waals surface area contributed by atoms with E-state index < -0.39 is 0 Å². The Bertz CT molecular complexity index is 430. The molecular formula is C16H22O3. The predicted octanol–water partition coefficient (Wildman–Crippen LogP) is 3.06. The zero-order valence-electron chi connectivity index (χ0n) is 12.1. The van der Waals surface area contributed by atoms with Crippen molar-refractivity contribution in [2.24, 2.45) is 11.8 Å². The maximum atomic E-state index is 11.6. The number of carbonyl (C=O) groups excluding carboxylic acids is 2. The zero-order chi connectivity index (χ0) is 14.4. The Labute approximate surface area is 115 Å². The third-order valence-electron chi connectivity index (χ3n) is 2.97. The fourth-order valence-corrected chi connectivity index (χ4v) is 1.43. The molecule has 0 heterocycles. The lowest BCUT2D eigenvalue weighted by molar-refractivity contribution is -0.124. The van der Waals surface area contributed by atoms with Crippen LogP contribution in [0, 0.1) is 11.8 Å². The predicted molar refractivity (Wildman–Crippen MR) is 75.3 cm³/mol. The van der Waals surface area contributed by atoms with E-state index >= 15 is 0 Å². The molecule has 0 amide bonds. The van der Waals surface area contributed by atoms with Crippen LogP contribution in [0.5, 0.6) is 5.75 Å². The van der Waals surface area contributed by atoms with Crippen molar-refractivity contribution in [2.45, 2.75) is 34.1 Å². The van der Waals surface area contributed by atoms with Crippen LogP contribution >= 0.6 is 0 Å². The van der Waals surface area contributed by atoms with Crippen LogP contribution in [0.2, 0.25) is 0 Å². The fourth-order valence-electron chi connectivity index (χ4n) is 1.43. The topological polar surface area (TPSA) is 43.4 Å². The molecule has 0 radical (unpaired) electrons. The summed E-state index contributed by atoms with van der Waals surface area (Å²) in [5, 5.41) is 0. The Balaban J connectivity index is 2.52. The first-order valence-corrected chi connectivity index (χ1v) is 6.67. The lowest BCUT2D eigenvalue weighted by Gasteiger charge is -2.08. The first-order chi connectivity index (χ1) is 8.90. The van der Waals surface area contributed by atoms with E-state index in [1.54, 1.807) is 12.1 Å². The van der Waals surface area contributed by atoms with E-state index in [4.69, 9.17) is 4.74 Å². The van der Waals surface area contributed by atoms with E-state index in [0.717, 1.165) is 5.56 Å². The van der Waals surface area contributed by atoms with Crippen LogP contribution in [0.15, 0.2) is 24.3 Å². The lowest BCUT2D eigenvalue weighted by Crippen LogP contribution is -2.16. The molecule has 0 saturated carbocycles. The van der Waals surface area contributed by atoms with Gasteiger partial charge in [-0.15, -0.1) is 0 Å². The number of carbonyl (C=O) groups is 2. The highest BCUT2D eigenvalue weighted by Crippen LogP contribution is 2.14. The van der Waals surface area contributed by atoms with Crippen molar-refractivity contribution >= 4 is 11.6 Å². The summed E-state index contributed by atoms with van der Waals surface area (Å²) in [5.41, 5.74) is 0.973. The molecule has 0 spiro atoms. The minimum Gasteiger partial charge on any atom is -0.486 e. The minimum atomic E-state index is -0.0112. The van der Waals surface area contributed by atoms with Crippen molar-refractivity contribution in [1.29, 1.82) is 0 Å². The molecule has 3 heteroatoms. The molecule has 0 saturated heterocycles. The van der Waals surface area contributed by atoms with E-state index in [0.29, 0.717) is 12.2 Å². The third kappa shape index (κ3) is 5.25. The molecule has 3 nitrogen and oxygen atoms in total. The van der Waals surface area contributed by atoms with Crippen molar-refractivity contribution < 1.29 is 14.3 Å². The highest BCUT2D eigenvalue weighted by atomic mass is 16.5. The van der Waals surface area contributed by atoms with Gasteiger partial charge in [0.2, 0.25) is 0 Å². The van der Waals surface area contributed by atoms with Gasteiger partial charge in [-0.3, -0.25) is 9.59 Å². The van der Waals surface area contributed by atoms with Crippen molar-refractivity contribution in [3.05, 3.63) is 29.8 Å². The van der Waals surface area contributed by atoms with Crippen LogP contribution < -0.4 is 4.74 Å². The Morgan fingerprint density at radius 1 is 0.947 bits per heavy atom. The molecule has 0 unspecified atom stereocenters. The number of hydrogen-bond donors (Lipinski definition) is 0. The number of ether oxygens (including phenoxy) is 1. The molecule has 0 fully saturated rings. The van der Waals surface area contributed by atoms with Gasteiger partial charge in [0.25, 0.3) is 0 Å². The second-order valence-corrected chi connectivity index (χ2v) is 5.35. The first-order valence-electron chi connectivity index (χ1n) is 6.67. The smallest absolute Gasteiger partial charge is 0.172 e. The summed E-state index contributed by atoms with van der Waals surface area (Å²) in [5.74, 6) is 1.01. The van der Waals surface area contributed by atoms with E-state index in [2.05, 4.69) is 0 Å². The second-order valence-electron chi connectivity index (χ2n) is 5.35. The largest absolute Gasteiger partial charge is 0.486 e. The highest BCUT2D eigenvalue weighted by Gasteiger charge is 2.09. The van der Waals surface area contributed by atoms with Gasteiger partial charge < -0.3 is 4.74 Å². The van der Waals surface area contributed by atoms with Crippen LogP contribution in [-0.2, 0) is 16.0 Å². The summed E-state index contributed by atoms with van der Waals surface area (Å²) in [4.78, 5) is 23.0. The number of Topliss-reactive ketones (excluding diaryl/α,β-unsaturated/α-hetero) is 2. The Morgan fingerprint density at radius 3 is 1.95 bits per heavy atom. The summed E-state index contributed by atoms with van der Waals surface area (Å²) in [7, 11) is 0. The van der Waals surface area contributed by atoms with Crippen molar-refractivity contribution in [3.63, 3.8) is 0 Å². The van der Waals surface area contributed by atoms with Crippen LogP contribution in [0.25, 0.3) is 0 Å². The molecular weight excluding hydrogens is 240 g/mol. The molecule has 1 aromatic rings. The van der Waals surface area contributed by atoms with E-state index in [-0.39, 0.29) is 30.0 Å². The summed E-state index contributed by atoms with van der Waals surface area (Å²) in [6, 6.07) is 7.35. The number of rotatable bonds is 7. The molecule has 0 N–H and O–H groups in total. The zero-order valence-corrected chi connectivity index (χ0v) is 12.1. The van der Waals surface area contributed by atoms with E-state index in [1.807, 2.05) is 39.8 Å². The normalized spacial score (nSPS) is 10.8. The monoisotopic (exact) mass is 262 g/mol. The quantitative estimate of drug-likeness (QED) is 0.758. The lowest BCUT2D eigenvalue weighted by atomic mass is 10.0. The van der Waals surface area contributed by atoms with Gasteiger partial charge in [-0.1, -0.05) is 39.8 Å². The standard InChI is InChI=1S/C16H22O3/c1-11(2)15(17)9-13-5-7-14(8-6-13)19-10-16(18)12(3)4/h5-8,11-12H,9-10H2,1-4H3. The molecule has 0 aliphatic heterocycles. The van der Waals surface area contributed by atoms with Crippen LogP contribution in [-0.4, -0.2) is 18.2 Å². The van der Waals surface area contributed by atoms with Gasteiger partial charge in [0.05, 0.1) is 0 Å². The molecule has 0 aliphatic rings. The van der Waals surface area contributed by atoms with Crippen LogP contribution in [0.4, 0.5) is 0 Å². The summed E-state index contributed by atoms with van der Waals surface area (Å²) in [6.07, 6.45) is 0.447. The molecule has 0 atom stereocenters. The number of benzene rings is 1. The summed E-state index contributed by atoms with van der Waals surface area (Å²) < 4.78 is 5.40. The Hall–Kier alpha value is -1.64. The summed E-state index contributed by atoms with van der Waals surface area (Å²) >= 11 is 0. The Kier molecular flexibility index (Phi) is 5.74. The first kappa shape index (κ1) is 15.4. The van der Waals surface area contributed by atoms with Crippen molar-refractivity contribution in [2.75, 3.05) is 6.61 Å². The van der Waals surface area contributed by atoms with Gasteiger partial charge in [0.1, 0.15) is 18.1 Å². The third-order valence-corrected chi connectivity index (χ3v) is 2.97. The van der Waals surface area contributed by atoms with Gasteiger partial charge in [-0.25, -0.2) is 0 Å². The van der Waals surface area contributed by atoms with Crippen LogP contribution in [0.1, 0.15) is 33.3 Å². The average molecular weight is 262 g/mol. The van der Waals surface area contributed by atoms with Crippen molar-refractivity contribution in [3.8, 4) is 5.75 Å². The van der Waals surface area contributed by atoms with E-state index in [9.17, 15) is 9.59 Å². The maximum Gasteiger partial charge on any atom is 0.172 e. The van der Waals surface area contributed by atoms with E-state index in [1.165, 1.54) is 0 Å². The minimum absolute atomic E-state index is 0.0112. The van der Waals surface area contributed by atoms with Gasteiger partial charge in [0.15, 0.2) is 5.78 Å². The van der Waals surface area contributed by atoms with Gasteiger partial charge in [0, 0.05) is 18.3 Å². The maximum absolute atomic E-state index is 11.6.